The summed E-state index contributed by atoms with van der Waals surface area (Å²) >= 11 is 0. The van der Waals surface area contributed by atoms with Gasteiger partial charge in [-0.1, -0.05) is 33.8 Å². The molecule has 0 saturated carbocycles. The summed E-state index contributed by atoms with van der Waals surface area (Å²) in [6.07, 6.45) is 0. The molecule has 0 saturated heterocycles. The van der Waals surface area contributed by atoms with E-state index in [-0.39, 0.29) is 11.2 Å². The molecule has 0 aromatic heterocycles. The quantitative estimate of drug-likeness (QED) is 0.872. The fourth-order valence-corrected chi connectivity index (χ4v) is 2.09. The predicted octanol–water partition coefficient (Wildman–Crippen LogP) is 3.81. The zero-order chi connectivity index (χ0) is 14.6. The van der Waals surface area contributed by atoms with E-state index in [1.54, 1.807) is 6.07 Å². The van der Waals surface area contributed by atoms with Gasteiger partial charge in [0.2, 0.25) is 0 Å². The largest absolute Gasteiger partial charge is 0.371 e. The highest BCUT2D eigenvalue weighted by atomic mass is 19.1. The van der Waals surface area contributed by atoms with E-state index in [1.807, 2.05) is 20.0 Å². The zero-order valence-electron chi connectivity index (χ0n) is 13.0. The molecule has 0 aliphatic heterocycles. The number of nitrogens with one attached hydrogen (secondary N) is 1. The van der Waals surface area contributed by atoms with Gasteiger partial charge in [-0.15, -0.1) is 0 Å². The monoisotopic (exact) mass is 266 g/mol. The number of rotatable bonds is 5. The van der Waals surface area contributed by atoms with Crippen LogP contribution in [-0.2, 0) is 6.54 Å². The normalized spacial score (nSPS) is 13.4. The third-order valence-electron chi connectivity index (χ3n) is 3.86. The maximum Gasteiger partial charge on any atom is 0.129 e. The lowest BCUT2D eigenvalue weighted by molar-refractivity contribution is 0.329. The molecule has 1 N–H and O–H groups in total. The Morgan fingerprint density at radius 1 is 1.32 bits per heavy atom. The van der Waals surface area contributed by atoms with Crippen molar-refractivity contribution in [1.82, 2.24) is 5.32 Å². The average molecular weight is 266 g/mol. The van der Waals surface area contributed by atoms with E-state index < -0.39 is 0 Å². The van der Waals surface area contributed by atoms with Crippen LogP contribution in [0.2, 0.25) is 0 Å². The SMILES string of the molecule is CCNCc1c(F)cccc1N(C)C(C)C(C)(C)C. The predicted molar refractivity (Wildman–Crippen MR) is 81.1 cm³/mol. The van der Waals surface area contributed by atoms with Crippen molar-refractivity contribution in [1.29, 1.82) is 0 Å². The average Bonchev–Trinajstić information content (AvgIpc) is 2.34. The van der Waals surface area contributed by atoms with Crippen molar-refractivity contribution in [3.63, 3.8) is 0 Å². The van der Waals surface area contributed by atoms with Gasteiger partial charge >= 0.3 is 0 Å². The second-order valence-electron chi connectivity index (χ2n) is 6.17. The van der Waals surface area contributed by atoms with Crippen molar-refractivity contribution in [2.45, 2.75) is 47.2 Å². The highest BCUT2D eigenvalue weighted by Gasteiger charge is 2.25. The van der Waals surface area contributed by atoms with E-state index in [0.717, 1.165) is 17.8 Å². The molecule has 2 nitrogen and oxygen atoms in total. The Morgan fingerprint density at radius 2 is 1.95 bits per heavy atom. The number of anilines is 1. The molecule has 3 heteroatoms. The minimum absolute atomic E-state index is 0.133. The van der Waals surface area contributed by atoms with Crippen molar-refractivity contribution >= 4 is 5.69 Å². The minimum Gasteiger partial charge on any atom is -0.371 e. The van der Waals surface area contributed by atoms with Crippen LogP contribution in [0.5, 0.6) is 0 Å². The molecular weight excluding hydrogens is 239 g/mol. The van der Waals surface area contributed by atoms with E-state index in [0.29, 0.717) is 12.6 Å². The Labute approximate surface area is 117 Å². The molecule has 1 aromatic rings. The van der Waals surface area contributed by atoms with E-state index >= 15 is 0 Å². The Kier molecular flexibility index (Phi) is 5.36. The fourth-order valence-electron chi connectivity index (χ4n) is 2.09. The second kappa shape index (κ2) is 6.38. The Bertz CT molecular complexity index is 410. The van der Waals surface area contributed by atoms with Gasteiger partial charge in [0.05, 0.1) is 0 Å². The van der Waals surface area contributed by atoms with E-state index in [9.17, 15) is 4.39 Å². The second-order valence-corrected chi connectivity index (χ2v) is 6.17. The molecule has 1 rings (SSSR count). The number of hydrogen-bond acceptors (Lipinski definition) is 2. The first kappa shape index (κ1) is 16.0. The van der Waals surface area contributed by atoms with Crippen molar-refractivity contribution in [2.75, 3.05) is 18.5 Å². The van der Waals surface area contributed by atoms with Crippen LogP contribution in [0, 0.1) is 11.2 Å². The van der Waals surface area contributed by atoms with Gasteiger partial charge in [0, 0.05) is 30.9 Å². The van der Waals surface area contributed by atoms with Gasteiger partial charge in [-0.2, -0.15) is 0 Å². The summed E-state index contributed by atoms with van der Waals surface area (Å²) in [5, 5.41) is 3.21. The van der Waals surface area contributed by atoms with Crippen LogP contribution in [0.25, 0.3) is 0 Å². The Balaban J connectivity index is 3.08. The van der Waals surface area contributed by atoms with E-state index in [1.165, 1.54) is 6.07 Å². The van der Waals surface area contributed by atoms with Gasteiger partial charge in [-0.05, 0) is 31.0 Å². The highest BCUT2D eigenvalue weighted by Crippen LogP contribution is 2.30. The summed E-state index contributed by atoms with van der Waals surface area (Å²) < 4.78 is 14.0. The van der Waals surface area contributed by atoms with Gasteiger partial charge in [0.25, 0.3) is 0 Å². The van der Waals surface area contributed by atoms with Gasteiger partial charge < -0.3 is 10.2 Å². The van der Waals surface area contributed by atoms with Gasteiger partial charge in [0.15, 0.2) is 0 Å². The van der Waals surface area contributed by atoms with Crippen LogP contribution >= 0.6 is 0 Å². The van der Waals surface area contributed by atoms with Crippen LogP contribution in [0.4, 0.5) is 10.1 Å². The smallest absolute Gasteiger partial charge is 0.129 e. The van der Waals surface area contributed by atoms with Gasteiger partial charge in [-0.3, -0.25) is 0 Å². The molecule has 1 aromatic carbocycles. The van der Waals surface area contributed by atoms with Gasteiger partial charge in [0.1, 0.15) is 5.82 Å². The summed E-state index contributed by atoms with van der Waals surface area (Å²) in [5.74, 6) is -0.133. The molecule has 1 atom stereocenters. The Hall–Kier alpha value is -1.09. The summed E-state index contributed by atoms with van der Waals surface area (Å²) in [7, 11) is 2.04. The molecule has 1 unspecified atom stereocenters. The molecule has 108 valence electrons. The topological polar surface area (TPSA) is 15.3 Å². The summed E-state index contributed by atoms with van der Waals surface area (Å²) in [6.45, 7) is 12.2. The summed E-state index contributed by atoms with van der Waals surface area (Å²) in [5.41, 5.74) is 1.88. The number of hydrogen-bond donors (Lipinski definition) is 1. The first-order valence-electron chi connectivity index (χ1n) is 7.00. The zero-order valence-corrected chi connectivity index (χ0v) is 13.0. The number of halogens is 1. The standard InChI is InChI=1S/C16H27FN2/c1-7-18-11-13-14(17)9-8-10-15(13)19(6)12(2)16(3,4)5/h8-10,12,18H,7,11H2,1-6H3. The highest BCUT2D eigenvalue weighted by molar-refractivity contribution is 5.54. The molecule has 0 heterocycles. The molecule has 0 aliphatic rings. The number of nitrogens with zero attached hydrogens (tertiary/aromatic N) is 1. The third-order valence-corrected chi connectivity index (χ3v) is 3.86. The summed E-state index contributed by atoms with van der Waals surface area (Å²) in [6, 6.07) is 5.64. The van der Waals surface area contributed by atoms with Crippen LogP contribution in [0.3, 0.4) is 0 Å². The lowest BCUT2D eigenvalue weighted by atomic mass is 9.86. The summed E-state index contributed by atoms with van der Waals surface area (Å²) in [4.78, 5) is 2.18. The Morgan fingerprint density at radius 3 is 2.47 bits per heavy atom. The van der Waals surface area contributed by atoms with E-state index in [2.05, 4.69) is 37.9 Å². The van der Waals surface area contributed by atoms with Crippen LogP contribution < -0.4 is 10.2 Å². The molecular formula is C16H27FN2. The molecule has 0 bridgehead atoms. The fraction of sp³-hybridized carbons (Fsp3) is 0.625. The minimum atomic E-state index is -0.133. The maximum absolute atomic E-state index is 14.0. The molecule has 0 amide bonds. The van der Waals surface area contributed by atoms with Crippen molar-refractivity contribution < 1.29 is 4.39 Å². The van der Waals surface area contributed by atoms with Crippen LogP contribution in [0.1, 0.15) is 40.2 Å². The van der Waals surface area contributed by atoms with Crippen LogP contribution in [-0.4, -0.2) is 19.6 Å². The van der Waals surface area contributed by atoms with Crippen molar-refractivity contribution in [3.05, 3.63) is 29.6 Å². The molecule has 0 spiro atoms. The lowest BCUT2D eigenvalue weighted by Crippen LogP contribution is -2.40. The first-order valence-corrected chi connectivity index (χ1v) is 7.00. The molecule has 0 radical (unpaired) electrons. The first-order chi connectivity index (χ1) is 8.79. The van der Waals surface area contributed by atoms with E-state index in [4.69, 9.17) is 0 Å². The van der Waals surface area contributed by atoms with Crippen LogP contribution in [0.15, 0.2) is 18.2 Å². The lowest BCUT2D eigenvalue weighted by Gasteiger charge is -2.38. The third kappa shape index (κ3) is 3.93. The van der Waals surface area contributed by atoms with Crippen molar-refractivity contribution in [3.8, 4) is 0 Å². The van der Waals surface area contributed by atoms with Crippen molar-refractivity contribution in [2.24, 2.45) is 5.41 Å². The molecule has 19 heavy (non-hydrogen) atoms. The number of benzene rings is 1. The molecule has 0 fully saturated rings. The van der Waals surface area contributed by atoms with Gasteiger partial charge in [-0.25, -0.2) is 4.39 Å². The maximum atomic E-state index is 14.0. The molecule has 0 aliphatic carbocycles.